The van der Waals surface area contributed by atoms with E-state index in [0.717, 1.165) is 33.9 Å². The van der Waals surface area contributed by atoms with Gasteiger partial charge in [-0.25, -0.2) is 0 Å². The van der Waals surface area contributed by atoms with E-state index in [1.807, 2.05) is 68.1 Å². The monoisotopic (exact) mass is 331 g/mol. The molecule has 4 rings (SSSR count). The van der Waals surface area contributed by atoms with Crippen LogP contribution in [0.15, 0.2) is 54.6 Å². The van der Waals surface area contributed by atoms with Gasteiger partial charge in [0.1, 0.15) is 6.17 Å². The minimum atomic E-state index is -0.242. The zero-order valence-electron chi connectivity index (χ0n) is 14.6. The van der Waals surface area contributed by atoms with Crippen LogP contribution in [0.3, 0.4) is 0 Å². The Morgan fingerprint density at radius 2 is 1.76 bits per heavy atom. The molecule has 0 radical (unpaired) electrons. The topological polar surface area (TPSA) is 48.1 Å². The summed E-state index contributed by atoms with van der Waals surface area (Å²) in [5, 5.41) is 3.55. The molecule has 0 saturated carbocycles. The van der Waals surface area contributed by atoms with Gasteiger partial charge in [0, 0.05) is 28.3 Å². The smallest absolute Gasteiger partial charge is 0.262 e. The van der Waals surface area contributed by atoms with Crippen molar-refractivity contribution in [3.05, 3.63) is 82.7 Å². The Hall–Kier alpha value is -3.01. The van der Waals surface area contributed by atoms with Crippen LogP contribution in [0, 0.1) is 20.8 Å². The number of carbonyl (C=O) groups is 1. The van der Waals surface area contributed by atoms with Crippen LogP contribution in [-0.4, -0.2) is 10.9 Å². The number of fused-ring (bicyclic) bond motifs is 1. The summed E-state index contributed by atoms with van der Waals surface area (Å²) in [5.74, 6) is 0.0169. The lowest BCUT2D eigenvalue weighted by molar-refractivity contribution is 0.0975. The molecule has 2 N–H and O–H groups in total. The Kier molecular flexibility index (Phi) is 3.61. The van der Waals surface area contributed by atoms with Crippen LogP contribution in [0.1, 0.15) is 39.0 Å². The average Bonchev–Trinajstić information content (AvgIpc) is 2.93. The van der Waals surface area contributed by atoms with Crippen LogP contribution in [0.4, 0.5) is 11.4 Å². The van der Waals surface area contributed by atoms with Crippen molar-refractivity contribution in [2.45, 2.75) is 26.9 Å². The molecule has 126 valence electrons. The standard InChI is InChI=1S/C21H21N3O/c1-13-7-6-8-16(11-13)24-20(18-12-14(2)22-15(18)3)23-19-10-5-4-9-17(19)21(24)25/h4-12,20,22-23H,1-3H3/t20-/m1/s1. The van der Waals surface area contributed by atoms with Crippen LogP contribution >= 0.6 is 0 Å². The fourth-order valence-corrected chi connectivity index (χ4v) is 3.54. The zero-order valence-corrected chi connectivity index (χ0v) is 14.6. The highest BCUT2D eigenvalue weighted by molar-refractivity contribution is 6.12. The highest BCUT2D eigenvalue weighted by Gasteiger charge is 2.35. The Morgan fingerprint density at radius 1 is 0.960 bits per heavy atom. The second kappa shape index (κ2) is 5.81. The largest absolute Gasteiger partial charge is 0.362 e. The van der Waals surface area contributed by atoms with Gasteiger partial charge >= 0.3 is 0 Å². The maximum Gasteiger partial charge on any atom is 0.262 e. The molecule has 0 fully saturated rings. The number of benzene rings is 2. The summed E-state index contributed by atoms with van der Waals surface area (Å²) >= 11 is 0. The molecule has 1 aromatic heterocycles. The first-order valence-corrected chi connectivity index (χ1v) is 8.46. The van der Waals surface area contributed by atoms with E-state index in [-0.39, 0.29) is 12.1 Å². The molecular weight excluding hydrogens is 310 g/mol. The van der Waals surface area contributed by atoms with Gasteiger partial charge in [0.2, 0.25) is 0 Å². The number of aromatic nitrogens is 1. The maximum absolute atomic E-state index is 13.3. The average molecular weight is 331 g/mol. The SMILES string of the molecule is Cc1cccc(N2C(=O)c3ccccc3N[C@H]2c2cc(C)[nH]c2C)c1. The molecule has 2 heterocycles. The third kappa shape index (κ3) is 2.60. The van der Waals surface area contributed by atoms with Crippen LogP contribution in [0.2, 0.25) is 0 Å². The van der Waals surface area contributed by atoms with Crippen LogP contribution < -0.4 is 10.2 Å². The van der Waals surface area contributed by atoms with Crippen molar-refractivity contribution in [3.63, 3.8) is 0 Å². The number of nitrogens with one attached hydrogen (secondary N) is 2. The van der Waals surface area contributed by atoms with Gasteiger partial charge in [-0.15, -0.1) is 0 Å². The van der Waals surface area contributed by atoms with E-state index >= 15 is 0 Å². The molecule has 3 aromatic rings. The van der Waals surface area contributed by atoms with E-state index in [0.29, 0.717) is 5.56 Å². The fraction of sp³-hybridized carbons (Fsp3) is 0.190. The van der Waals surface area contributed by atoms with Crippen LogP contribution in [0.25, 0.3) is 0 Å². The second-order valence-electron chi connectivity index (χ2n) is 6.64. The molecule has 1 atom stereocenters. The normalized spacial score (nSPS) is 16.5. The van der Waals surface area contributed by atoms with Gasteiger partial charge in [-0.3, -0.25) is 9.69 Å². The molecule has 2 aromatic carbocycles. The number of hydrogen-bond acceptors (Lipinski definition) is 2. The molecule has 0 unspecified atom stereocenters. The lowest BCUT2D eigenvalue weighted by Crippen LogP contribution is -2.43. The van der Waals surface area contributed by atoms with Crippen molar-refractivity contribution >= 4 is 17.3 Å². The molecular formula is C21H21N3O. The number of anilines is 2. The van der Waals surface area contributed by atoms with Crippen molar-refractivity contribution in [1.82, 2.24) is 4.98 Å². The minimum Gasteiger partial charge on any atom is -0.362 e. The van der Waals surface area contributed by atoms with Gasteiger partial charge in [0.05, 0.1) is 5.56 Å². The van der Waals surface area contributed by atoms with Gasteiger partial charge in [-0.1, -0.05) is 24.3 Å². The summed E-state index contributed by atoms with van der Waals surface area (Å²) in [6, 6.07) is 17.9. The Morgan fingerprint density at radius 3 is 2.48 bits per heavy atom. The number of hydrogen-bond donors (Lipinski definition) is 2. The summed E-state index contributed by atoms with van der Waals surface area (Å²) in [4.78, 5) is 18.5. The summed E-state index contributed by atoms with van der Waals surface area (Å²) in [6.07, 6.45) is -0.242. The van der Waals surface area contributed by atoms with Crippen molar-refractivity contribution in [2.24, 2.45) is 0 Å². The van der Waals surface area contributed by atoms with Gasteiger partial charge in [0.25, 0.3) is 5.91 Å². The second-order valence-corrected chi connectivity index (χ2v) is 6.64. The molecule has 0 spiro atoms. The number of aryl methyl sites for hydroxylation is 3. The number of rotatable bonds is 2. The van der Waals surface area contributed by atoms with E-state index in [4.69, 9.17) is 0 Å². The lowest BCUT2D eigenvalue weighted by Gasteiger charge is -2.38. The van der Waals surface area contributed by atoms with E-state index < -0.39 is 0 Å². The number of aromatic amines is 1. The summed E-state index contributed by atoms with van der Waals surface area (Å²) < 4.78 is 0. The fourth-order valence-electron chi connectivity index (χ4n) is 3.54. The van der Waals surface area contributed by atoms with Crippen LogP contribution in [-0.2, 0) is 0 Å². The van der Waals surface area contributed by atoms with Crippen LogP contribution in [0.5, 0.6) is 0 Å². The highest BCUT2D eigenvalue weighted by atomic mass is 16.2. The predicted octanol–water partition coefficient (Wildman–Crippen LogP) is 4.71. The first kappa shape index (κ1) is 15.5. The zero-order chi connectivity index (χ0) is 17.6. The molecule has 0 saturated heterocycles. The number of para-hydroxylation sites is 1. The van der Waals surface area contributed by atoms with Crippen molar-refractivity contribution in [1.29, 1.82) is 0 Å². The number of H-pyrrole nitrogens is 1. The molecule has 0 aliphatic carbocycles. The minimum absolute atomic E-state index is 0.0169. The molecule has 25 heavy (non-hydrogen) atoms. The summed E-state index contributed by atoms with van der Waals surface area (Å²) in [6.45, 7) is 6.12. The Balaban J connectivity index is 1.90. The maximum atomic E-state index is 13.3. The third-order valence-corrected chi connectivity index (χ3v) is 4.69. The summed E-state index contributed by atoms with van der Waals surface area (Å²) in [5.41, 5.74) is 6.84. The molecule has 1 amide bonds. The van der Waals surface area contributed by atoms with E-state index in [1.54, 1.807) is 0 Å². The molecule has 4 heteroatoms. The van der Waals surface area contributed by atoms with E-state index in [1.165, 1.54) is 0 Å². The van der Waals surface area contributed by atoms with Crippen molar-refractivity contribution in [3.8, 4) is 0 Å². The number of carbonyl (C=O) groups excluding carboxylic acids is 1. The third-order valence-electron chi connectivity index (χ3n) is 4.69. The summed E-state index contributed by atoms with van der Waals surface area (Å²) in [7, 11) is 0. The Bertz CT molecular complexity index is 957. The lowest BCUT2D eigenvalue weighted by atomic mass is 10.0. The highest BCUT2D eigenvalue weighted by Crippen LogP contribution is 2.37. The van der Waals surface area contributed by atoms with Crippen molar-refractivity contribution < 1.29 is 4.79 Å². The number of amides is 1. The van der Waals surface area contributed by atoms with E-state index in [9.17, 15) is 4.79 Å². The van der Waals surface area contributed by atoms with Crippen molar-refractivity contribution in [2.75, 3.05) is 10.2 Å². The molecule has 0 bridgehead atoms. The van der Waals surface area contributed by atoms with Gasteiger partial charge in [0.15, 0.2) is 0 Å². The van der Waals surface area contributed by atoms with Gasteiger partial charge in [-0.05, 0) is 56.7 Å². The van der Waals surface area contributed by atoms with Gasteiger partial charge in [-0.2, -0.15) is 0 Å². The first-order chi connectivity index (χ1) is 12.0. The van der Waals surface area contributed by atoms with E-state index in [2.05, 4.69) is 22.4 Å². The molecule has 4 nitrogen and oxygen atoms in total. The molecule has 1 aliphatic rings. The number of nitrogens with zero attached hydrogens (tertiary/aromatic N) is 1. The Labute approximate surface area is 147 Å². The van der Waals surface area contributed by atoms with Gasteiger partial charge < -0.3 is 10.3 Å². The molecule has 1 aliphatic heterocycles. The first-order valence-electron chi connectivity index (χ1n) is 8.46. The quantitative estimate of drug-likeness (QED) is 0.714. The predicted molar refractivity (Wildman–Crippen MR) is 101 cm³/mol.